The van der Waals surface area contributed by atoms with Crippen LogP contribution in [-0.2, 0) is 6.54 Å². The lowest BCUT2D eigenvalue weighted by Crippen LogP contribution is -2.26. The van der Waals surface area contributed by atoms with Crippen LogP contribution in [0.3, 0.4) is 0 Å². The average Bonchev–Trinajstić information content (AvgIpc) is 2.95. The molecule has 116 valence electrons. The van der Waals surface area contributed by atoms with Crippen molar-refractivity contribution in [1.29, 1.82) is 0 Å². The van der Waals surface area contributed by atoms with E-state index in [-0.39, 0.29) is 0 Å². The van der Waals surface area contributed by atoms with Gasteiger partial charge in [-0.25, -0.2) is 4.98 Å². The van der Waals surface area contributed by atoms with E-state index < -0.39 is 0 Å². The molecular formula is C17H23N5. The SMILES string of the molecule is CN(C)c1nccc(NC2CCN(Cc3ccccc3)C2)n1. The minimum atomic E-state index is 0.452. The summed E-state index contributed by atoms with van der Waals surface area (Å²) in [5, 5.41) is 3.53. The van der Waals surface area contributed by atoms with Crippen LogP contribution in [0.15, 0.2) is 42.6 Å². The van der Waals surface area contributed by atoms with Crippen LogP contribution in [0.4, 0.5) is 11.8 Å². The van der Waals surface area contributed by atoms with Gasteiger partial charge in [0, 0.05) is 46.0 Å². The topological polar surface area (TPSA) is 44.3 Å². The Kier molecular flexibility index (Phi) is 4.53. The maximum Gasteiger partial charge on any atom is 0.226 e. The van der Waals surface area contributed by atoms with Gasteiger partial charge in [-0.3, -0.25) is 4.90 Å². The van der Waals surface area contributed by atoms with Crippen LogP contribution in [0, 0.1) is 0 Å². The van der Waals surface area contributed by atoms with Crippen molar-refractivity contribution in [1.82, 2.24) is 14.9 Å². The van der Waals surface area contributed by atoms with Gasteiger partial charge < -0.3 is 10.2 Å². The first-order valence-corrected chi connectivity index (χ1v) is 7.74. The molecule has 1 N–H and O–H groups in total. The molecule has 2 aromatic rings. The lowest BCUT2D eigenvalue weighted by atomic mass is 10.2. The summed E-state index contributed by atoms with van der Waals surface area (Å²) in [5.41, 5.74) is 1.38. The maximum atomic E-state index is 4.53. The molecule has 0 radical (unpaired) electrons. The zero-order valence-electron chi connectivity index (χ0n) is 13.2. The second-order valence-corrected chi connectivity index (χ2v) is 5.99. The molecule has 22 heavy (non-hydrogen) atoms. The van der Waals surface area contributed by atoms with Gasteiger partial charge in [-0.05, 0) is 18.1 Å². The van der Waals surface area contributed by atoms with Crippen molar-refractivity contribution in [3.8, 4) is 0 Å². The Morgan fingerprint density at radius 1 is 1.23 bits per heavy atom. The van der Waals surface area contributed by atoms with Crippen molar-refractivity contribution in [2.24, 2.45) is 0 Å². The van der Waals surface area contributed by atoms with Crippen molar-refractivity contribution in [2.75, 3.05) is 37.4 Å². The van der Waals surface area contributed by atoms with Crippen molar-refractivity contribution >= 4 is 11.8 Å². The van der Waals surface area contributed by atoms with E-state index in [0.717, 1.165) is 37.8 Å². The van der Waals surface area contributed by atoms with Gasteiger partial charge in [0.15, 0.2) is 0 Å². The standard InChI is InChI=1S/C17H23N5/c1-21(2)17-18-10-8-16(20-17)19-15-9-11-22(13-15)12-14-6-4-3-5-7-14/h3-8,10,15H,9,11-13H2,1-2H3,(H,18,19,20). The summed E-state index contributed by atoms with van der Waals surface area (Å²) in [6.45, 7) is 3.19. The van der Waals surface area contributed by atoms with Crippen molar-refractivity contribution < 1.29 is 0 Å². The van der Waals surface area contributed by atoms with E-state index in [4.69, 9.17) is 0 Å². The molecule has 3 rings (SSSR count). The van der Waals surface area contributed by atoms with Crippen LogP contribution in [-0.4, -0.2) is 48.1 Å². The van der Waals surface area contributed by atoms with Gasteiger partial charge in [-0.2, -0.15) is 4.98 Å². The Bertz CT molecular complexity index is 599. The van der Waals surface area contributed by atoms with Gasteiger partial charge in [0.25, 0.3) is 0 Å². The van der Waals surface area contributed by atoms with Crippen molar-refractivity contribution in [2.45, 2.75) is 19.0 Å². The second kappa shape index (κ2) is 6.75. The number of likely N-dealkylation sites (tertiary alicyclic amines) is 1. The third-order valence-electron chi connectivity index (χ3n) is 3.92. The summed E-state index contributed by atoms with van der Waals surface area (Å²) >= 11 is 0. The molecule has 2 heterocycles. The number of anilines is 2. The number of aromatic nitrogens is 2. The van der Waals surface area contributed by atoms with Gasteiger partial charge >= 0.3 is 0 Å². The Hall–Kier alpha value is -2.14. The Balaban J connectivity index is 1.56. The lowest BCUT2D eigenvalue weighted by Gasteiger charge is -2.18. The van der Waals surface area contributed by atoms with Crippen molar-refractivity contribution in [3.63, 3.8) is 0 Å². The van der Waals surface area contributed by atoms with E-state index in [0.29, 0.717) is 6.04 Å². The average molecular weight is 297 g/mol. The van der Waals surface area contributed by atoms with E-state index in [2.05, 4.69) is 50.5 Å². The van der Waals surface area contributed by atoms with Gasteiger partial charge in [-0.15, -0.1) is 0 Å². The van der Waals surface area contributed by atoms with Crippen LogP contribution < -0.4 is 10.2 Å². The fraction of sp³-hybridized carbons (Fsp3) is 0.412. The van der Waals surface area contributed by atoms with Gasteiger partial charge in [0.1, 0.15) is 5.82 Å². The number of rotatable bonds is 5. The third-order valence-corrected chi connectivity index (χ3v) is 3.92. The summed E-state index contributed by atoms with van der Waals surface area (Å²) in [7, 11) is 3.91. The fourth-order valence-corrected chi connectivity index (χ4v) is 2.79. The van der Waals surface area contributed by atoms with E-state index in [1.54, 1.807) is 6.20 Å². The molecule has 1 aromatic carbocycles. The molecule has 1 aromatic heterocycles. The molecule has 0 amide bonds. The Morgan fingerprint density at radius 2 is 2.05 bits per heavy atom. The molecule has 5 heteroatoms. The summed E-state index contributed by atoms with van der Waals surface area (Å²) in [4.78, 5) is 13.2. The first kappa shape index (κ1) is 14.8. The molecule has 1 atom stereocenters. The number of benzene rings is 1. The monoisotopic (exact) mass is 297 g/mol. The molecule has 0 aliphatic carbocycles. The number of hydrogen-bond acceptors (Lipinski definition) is 5. The number of nitrogens with one attached hydrogen (secondary N) is 1. The highest BCUT2D eigenvalue weighted by Gasteiger charge is 2.22. The van der Waals surface area contributed by atoms with Crippen LogP contribution in [0.1, 0.15) is 12.0 Å². The Labute approximate surface area is 132 Å². The summed E-state index contributed by atoms with van der Waals surface area (Å²) < 4.78 is 0. The quantitative estimate of drug-likeness (QED) is 0.917. The third kappa shape index (κ3) is 3.74. The fourth-order valence-electron chi connectivity index (χ4n) is 2.79. The summed E-state index contributed by atoms with van der Waals surface area (Å²) in [5.74, 6) is 1.65. The van der Waals surface area contributed by atoms with Crippen molar-refractivity contribution in [3.05, 3.63) is 48.2 Å². The first-order chi connectivity index (χ1) is 10.7. The van der Waals surface area contributed by atoms with Crippen LogP contribution in [0.25, 0.3) is 0 Å². The molecule has 1 aliphatic heterocycles. The predicted molar refractivity (Wildman–Crippen MR) is 90.1 cm³/mol. The molecule has 0 spiro atoms. The van der Waals surface area contributed by atoms with Gasteiger partial charge in [0.05, 0.1) is 0 Å². The van der Waals surface area contributed by atoms with Crippen LogP contribution in [0.2, 0.25) is 0 Å². The van der Waals surface area contributed by atoms with Gasteiger partial charge in [0.2, 0.25) is 5.95 Å². The van der Waals surface area contributed by atoms with Crippen LogP contribution in [0.5, 0.6) is 0 Å². The van der Waals surface area contributed by atoms with E-state index >= 15 is 0 Å². The number of nitrogens with zero attached hydrogens (tertiary/aromatic N) is 4. The highest BCUT2D eigenvalue weighted by molar-refractivity contribution is 5.41. The van der Waals surface area contributed by atoms with E-state index in [1.165, 1.54) is 5.56 Å². The van der Waals surface area contributed by atoms with E-state index in [9.17, 15) is 0 Å². The molecule has 1 fully saturated rings. The smallest absolute Gasteiger partial charge is 0.226 e. The van der Waals surface area contributed by atoms with Gasteiger partial charge in [-0.1, -0.05) is 30.3 Å². The predicted octanol–water partition coefficient (Wildman–Crippen LogP) is 2.23. The maximum absolute atomic E-state index is 4.53. The first-order valence-electron chi connectivity index (χ1n) is 7.74. The minimum Gasteiger partial charge on any atom is -0.366 e. The lowest BCUT2D eigenvalue weighted by molar-refractivity contribution is 0.328. The number of hydrogen-bond donors (Lipinski definition) is 1. The summed E-state index contributed by atoms with van der Waals surface area (Å²) in [6.07, 6.45) is 2.95. The molecule has 1 unspecified atom stereocenters. The molecule has 0 saturated carbocycles. The highest BCUT2D eigenvalue weighted by atomic mass is 15.2. The minimum absolute atomic E-state index is 0.452. The molecule has 5 nitrogen and oxygen atoms in total. The zero-order chi connectivity index (χ0) is 15.4. The summed E-state index contributed by atoms with van der Waals surface area (Å²) in [6, 6.07) is 13.0. The zero-order valence-corrected chi connectivity index (χ0v) is 13.2. The highest BCUT2D eigenvalue weighted by Crippen LogP contribution is 2.17. The normalized spacial score (nSPS) is 18.4. The Morgan fingerprint density at radius 3 is 2.82 bits per heavy atom. The molecule has 0 bridgehead atoms. The van der Waals surface area contributed by atoms with Crippen LogP contribution >= 0.6 is 0 Å². The molecular weight excluding hydrogens is 274 g/mol. The largest absolute Gasteiger partial charge is 0.366 e. The van der Waals surface area contributed by atoms with E-state index in [1.807, 2.05) is 25.1 Å². The second-order valence-electron chi connectivity index (χ2n) is 5.99. The molecule has 1 aliphatic rings. The molecule has 1 saturated heterocycles.